The number of anilines is 1. The van der Waals surface area contributed by atoms with Crippen molar-refractivity contribution in [2.75, 3.05) is 4.90 Å². The van der Waals surface area contributed by atoms with Crippen molar-refractivity contribution in [3.8, 4) is 0 Å². The fourth-order valence-electron chi connectivity index (χ4n) is 3.15. The van der Waals surface area contributed by atoms with Gasteiger partial charge in [0.1, 0.15) is 0 Å². The van der Waals surface area contributed by atoms with E-state index in [1.165, 1.54) is 16.7 Å². The summed E-state index contributed by atoms with van der Waals surface area (Å²) in [4.78, 5) is 14.5. The highest BCUT2D eigenvalue weighted by Gasteiger charge is 2.22. The van der Waals surface area contributed by atoms with Crippen LogP contribution in [0.2, 0.25) is 0 Å². The molecule has 0 atom stereocenters. The molecule has 120 valence electrons. The summed E-state index contributed by atoms with van der Waals surface area (Å²) in [6, 6.07) is 17.0. The first-order valence-electron chi connectivity index (χ1n) is 8.43. The maximum absolute atomic E-state index is 12.5. The molecule has 1 heterocycles. The van der Waals surface area contributed by atoms with Crippen molar-refractivity contribution in [3.63, 3.8) is 0 Å². The molecule has 2 nitrogen and oxygen atoms in total. The van der Waals surface area contributed by atoms with Gasteiger partial charge in [0.2, 0.25) is 5.91 Å². The Labute approximate surface area is 139 Å². The van der Waals surface area contributed by atoms with Gasteiger partial charge in [-0.15, -0.1) is 0 Å². The van der Waals surface area contributed by atoms with Gasteiger partial charge in [0.05, 0.1) is 6.54 Å². The number of benzene rings is 2. The van der Waals surface area contributed by atoms with Crippen molar-refractivity contribution in [1.82, 2.24) is 0 Å². The van der Waals surface area contributed by atoms with Gasteiger partial charge in [0.15, 0.2) is 0 Å². The van der Waals surface area contributed by atoms with Gasteiger partial charge < -0.3 is 4.90 Å². The lowest BCUT2D eigenvalue weighted by Crippen LogP contribution is -2.29. The molecule has 0 saturated heterocycles. The van der Waals surface area contributed by atoms with Gasteiger partial charge in [-0.25, -0.2) is 0 Å². The van der Waals surface area contributed by atoms with Crippen molar-refractivity contribution < 1.29 is 4.79 Å². The summed E-state index contributed by atoms with van der Waals surface area (Å²) in [7, 11) is 0. The molecule has 0 aliphatic carbocycles. The van der Waals surface area contributed by atoms with E-state index in [-0.39, 0.29) is 11.3 Å². The molecule has 0 N–H and O–H groups in total. The Balaban J connectivity index is 1.88. The smallest absolute Gasteiger partial charge is 0.227 e. The number of carbonyl (C=O) groups is 1. The summed E-state index contributed by atoms with van der Waals surface area (Å²) < 4.78 is 0. The molecule has 0 aromatic heterocycles. The maximum atomic E-state index is 12.5. The molecule has 0 saturated carbocycles. The molecule has 0 radical (unpaired) electrons. The number of para-hydroxylation sites is 1. The standard InChI is InChI=1S/C21H25NO/c1-21(2,3)18-13-11-16(12-14-18)15-22-19-9-5-4-7-17(19)8-6-10-20(22)23/h4-5,7,9,11-14H,6,8,10,15H2,1-3H3. The number of rotatable bonds is 2. The second-order valence-electron chi connectivity index (χ2n) is 7.41. The lowest BCUT2D eigenvalue weighted by atomic mass is 9.87. The van der Waals surface area contributed by atoms with E-state index in [9.17, 15) is 4.79 Å². The van der Waals surface area contributed by atoms with Gasteiger partial charge >= 0.3 is 0 Å². The zero-order chi connectivity index (χ0) is 16.4. The summed E-state index contributed by atoms with van der Waals surface area (Å²) in [5, 5.41) is 0. The molecular formula is C21H25NO. The molecule has 0 unspecified atom stereocenters. The van der Waals surface area contributed by atoms with E-state index in [1.807, 2.05) is 11.0 Å². The number of carbonyl (C=O) groups excluding carboxylic acids is 1. The number of amides is 1. The largest absolute Gasteiger partial charge is 0.308 e. The minimum Gasteiger partial charge on any atom is -0.308 e. The molecule has 3 rings (SSSR count). The minimum absolute atomic E-state index is 0.156. The second kappa shape index (κ2) is 6.19. The van der Waals surface area contributed by atoms with Gasteiger partial charge in [-0.2, -0.15) is 0 Å². The normalized spacial score (nSPS) is 15.3. The zero-order valence-electron chi connectivity index (χ0n) is 14.3. The molecule has 23 heavy (non-hydrogen) atoms. The first kappa shape index (κ1) is 15.8. The highest BCUT2D eigenvalue weighted by Crippen LogP contribution is 2.29. The predicted octanol–water partition coefficient (Wildman–Crippen LogP) is 4.85. The van der Waals surface area contributed by atoms with E-state index in [1.54, 1.807) is 0 Å². The molecule has 1 amide bonds. The van der Waals surface area contributed by atoms with E-state index < -0.39 is 0 Å². The van der Waals surface area contributed by atoms with Crippen LogP contribution in [-0.4, -0.2) is 5.91 Å². The Bertz CT molecular complexity index is 695. The van der Waals surface area contributed by atoms with Crippen LogP contribution in [0.3, 0.4) is 0 Å². The Morgan fingerprint density at radius 2 is 1.65 bits per heavy atom. The Hall–Kier alpha value is -2.09. The van der Waals surface area contributed by atoms with Crippen molar-refractivity contribution in [2.45, 2.75) is 52.0 Å². The van der Waals surface area contributed by atoms with E-state index in [2.05, 4.69) is 63.2 Å². The van der Waals surface area contributed by atoms with Crippen LogP contribution in [0.25, 0.3) is 0 Å². The molecule has 2 aromatic rings. The molecule has 0 bridgehead atoms. The summed E-state index contributed by atoms with van der Waals surface area (Å²) >= 11 is 0. The first-order chi connectivity index (χ1) is 10.9. The molecule has 2 heteroatoms. The molecule has 2 aromatic carbocycles. The minimum atomic E-state index is 0.156. The van der Waals surface area contributed by atoms with Gasteiger partial charge in [-0.3, -0.25) is 4.79 Å². The Morgan fingerprint density at radius 3 is 2.35 bits per heavy atom. The fourth-order valence-corrected chi connectivity index (χ4v) is 3.15. The first-order valence-corrected chi connectivity index (χ1v) is 8.43. The van der Waals surface area contributed by atoms with E-state index >= 15 is 0 Å². The van der Waals surface area contributed by atoms with E-state index in [4.69, 9.17) is 0 Å². The van der Waals surface area contributed by atoms with Crippen molar-refractivity contribution >= 4 is 11.6 Å². The third kappa shape index (κ3) is 3.47. The monoisotopic (exact) mass is 307 g/mol. The molecule has 1 aliphatic rings. The lowest BCUT2D eigenvalue weighted by molar-refractivity contribution is -0.118. The average molecular weight is 307 g/mol. The number of hydrogen-bond acceptors (Lipinski definition) is 1. The van der Waals surface area contributed by atoms with Gasteiger partial charge in [-0.05, 0) is 41.0 Å². The summed E-state index contributed by atoms with van der Waals surface area (Å²) in [5.41, 5.74) is 5.02. The second-order valence-corrected chi connectivity index (χ2v) is 7.41. The summed E-state index contributed by atoms with van der Waals surface area (Å²) in [6.07, 6.45) is 2.56. The lowest BCUT2D eigenvalue weighted by Gasteiger charge is -2.24. The number of aryl methyl sites for hydroxylation is 1. The average Bonchev–Trinajstić information content (AvgIpc) is 2.67. The fraction of sp³-hybridized carbons (Fsp3) is 0.381. The molecule has 0 fully saturated rings. The highest BCUT2D eigenvalue weighted by atomic mass is 16.2. The van der Waals surface area contributed by atoms with Crippen LogP contribution in [0.5, 0.6) is 0 Å². The van der Waals surface area contributed by atoms with Crippen molar-refractivity contribution in [2.24, 2.45) is 0 Å². The SMILES string of the molecule is CC(C)(C)c1ccc(CN2C(=O)CCCc3ccccc32)cc1. The van der Waals surface area contributed by atoms with Crippen LogP contribution >= 0.6 is 0 Å². The molecule has 1 aliphatic heterocycles. The molecule has 0 spiro atoms. The maximum Gasteiger partial charge on any atom is 0.227 e. The highest BCUT2D eigenvalue weighted by molar-refractivity contribution is 5.94. The predicted molar refractivity (Wildman–Crippen MR) is 95.7 cm³/mol. The van der Waals surface area contributed by atoms with Crippen LogP contribution in [-0.2, 0) is 23.2 Å². The Kier molecular flexibility index (Phi) is 4.25. The number of nitrogens with zero attached hydrogens (tertiary/aromatic N) is 1. The van der Waals surface area contributed by atoms with E-state index in [0.717, 1.165) is 18.5 Å². The van der Waals surface area contributed by atoms with Gasteiger partial charge in [0, 0.05) is 12.1 Å². The van der Waals surface area contributed by atoms with Crippen LogP contribution in [0.1, 0.15) is 50.3 Å². The number of hydrogen-bond donors (Lipinski definition) is 0. The third-order valence-electron chi connectivity index (χ3n) is 4.58. The topological polar surface area (TPSA) is 20.3 Å². The van der Waals surface area contributed by atoms with Gasteiger partial charge in [-0.1, -0.05) is 63.2 Å². The van der Waals surface area contributed by atoms with Crippen LogP contribution < -0.4 is 4.90 Å². The number of fused-ring (bicyclic) bond motifs is 1. The Morgan fingerprint density at radius 1 is 0.957 bits per heavy atom. The third-order valence-corrected chi connectivity index (χ3v) is 4.58. The van der Waals surface area contributed by atoms with E-state index in [0.29, 0.717) is 13.0 Å². The van der Waals surface area contributed by atoms with Gasteiger partial charge in [0.25, 0.3) is 0 Å². The quantitative estimate of drug-likeness (QED) is 0.776. The van der Waals surface area contributed by atoms with Crippen LogP contribution in [0.4, 0.5) is 5.69 Å². The van der Waals surface area contributed by atoms with Crippen LogP contribution in [0, 0.1) is 0 Å². The molecular weight excluding hydrogens is 282 g/mol. The summed E-state index contributed by atoms with van der Waals surface area (Å²) in [6.45, 7) is 7.31. The van der Waals surface area contributed by atoms with Crippen molar-refractivity contribution in [3.05, 3.63) is 65.2 Å². The summed E-state index contributed by atoms with van der Waals surface area (Å²) in [5.74, 6) is 0.231. The zero-order valence-corrected chi connectivity index (χ0v) is 14.3. The van der Waals surface area contributed by atoms with Crippen LogP contribution in [0.15, 0.2) is 48.5 Å². The van der Waals surface area contributed by atoms with Crippen molar-refractivity contribution in [1.29, 1.82) is 0 Å².